The fourth-order valence-corrected chi connectivity index (χ4v) is 2.06. The minimum Gasteiger partial charge on any atom is -0.484 e. The number of anilines is 2. The molecule has 2 amide bonds. The van der Waals surface area contributed by atoms with Crippen molar-refractivity contribution >= 4 is 23.2 Å². The van der Waals surface area contributed by atoms with Gasteiger partial charge in [0.15, 0.2) is 6.61 Å². The number of carbonyl (C=O) groups is 2. The number of nitrogens with one attached hydrogen (secondary N) is 2. The summed E-state index contributed by atoms with van der Waals surface area (Å²) in [6.07, 6.45) is 0.921. The van der Waals surface area contributed by atoms with Crippen LogP contribution in [-0.2, 0) is 16.0 Å². The van der Waals surface area contributed by atoms with Crippen LogP contribution in [0.25, 0.3) is 0 Å². The summed E-state index contributed by atoms with van der Waals surface area (Å²) in [4.78, 5) is 22.9. The molecule has 0 spiro atoms. The van der Waals surface area contributed by atoms with Crippen LogP contribution in [0.15, 0.2) is 42.5 Å². The molecule has 0 aliphatic heterocycles. The van der Waals surface area contributed by atoms with E-state index in [1.807, 2.05) is 19.1 Å². The Morgan fingerprint density at radius 1 is 1.08 bits per heavy atom. The average Bonchev–Trinajstić information content (AvgIpc) is 2.56. The zero-order chi connectivity index (χ0) is 17.5. The minimum atomic E-state index is -0.593. The van der Waals surface area contributed by atoms with Crippen molar-refractivity contribution in [1.29, 1.82) is 0 Å². The maximum atomic E-state index is 13.7. The first-order valence-electron chi connectivity index (χ1n) is 7.56. The molecule has 5 nitrogen and oxygen atoms in total. The highest BCUT2D eigenvalue weighted by atomic mass is 19.1. The van der Waals surface area contributed by atoms with E-state index in [4.69, 9.17) is 4.74 Å². The van der Waals surface area contributed by atoms with Gasteiger partial charge >= 0.3 is 0 Å². The normalized spacial score (nSPS) is 10.1. The Bertz CT molecular complexity index is 730. The smallest absolute Gasteiger partial charge is 0.262 e. The van der Waals surface area contributed by atoms with Crippen LogP contribution in [-0.4, -0.2) is 18.4 Å². The van der Waals surface area contributed by atoms with E-state index in [1.54, 1.807) is 12.1 Å². The Hall–Kier alpha value is -2.89. The van der Waals surface area contributed by atoms with Crippen molar-refractivity contribution in [2.24, 2.45) is 0 Å². The number of amides is 2. The van der Waals surface area contributed by atoms with E-state index in [1.165, 1.54) is 30.7 Å². The van der Waals surface area contributed by atoms with Gasteiger partial charge in [0.25, 0.3) is 5.91 Å². The van der Waals surface area contributed by atoms with Gasteiger partial charge in [-0.15, -0.1) is 0 Å². The van der Waals surface area contributed by atoms with E-state index >= 15 is 0 Å². The second kappa shape index (κ2) is 8.10. The van der Waals surface area contributed by atoms with Gasteiger partial charge in [-0.25, -0.2) is 4.39 Å². The van der Waals surface area contributed by atoms with Crippen LogP contribution >= 0.6 is 0 Å². The van der Waals surface area contributed by atoms with Gasteiger partial charge in [0, 0.05) is 12.6 Å². The predicted molar refractivity (Wildman–Crippen MR) is 90.6 cm³/mol. The monoisotopic (exact) mass is 330 g/mol. The van der Waals surface area contributed by atoms with E-state index in [0.29, 0.717) is 11.4 Å². The Morgan fingerprint density at radius 3 is 2.42 bits per heavy atom. The Kier molecular flexibility index (Phi) is 5.89. The summed E-state index contributed by atoms with van der Waals surface area (Å²) < 4.78 is 19.1. The molecule has 2 aromatic rings. The SMILES string of the molecule is CCc1ccc(OCC(=O)Nc2cc(NC(C)=O)ccc2F)cc1. The molecule has 2 N–H and O–H groups in total. The summed E-state index contributed by atoms with van der Waals surface area (Å²) in [5, 5.41) is 4.95. The molecule has 126 valence electrons. The largest absolute Gasteiger partial charge is 0.484 e. The van der Waals surface area contributed by atoms with Gasteiger partial charge < -0.3 is 15.4 Å². The highest BCUT2D eigenvalue weighted by Gasteiger charge is 2.09. The van der Waals surface area contributed by atoms with Crippen molar-refractivity contribution in [2.45, 2.75) is 20.3 Å². The van der Waals surface area contributed by atoms with Crippen LogP contribution in [0.1, 0.15) is 19.4 Å². The zero-order valence-electron chi connectivity index (χ0n) is 13.6. The first kappa shape index (κ1) is 17.5. The fourth-order valence-electron chi connectivity index (χ4n) is 2.06. The maximum Gasteiger partial charge on any atom is 0.262 e. The number of hydrogen-bond donors (Lipinski definition) is 2. The molecule has 0 aliphatic carbocycles. The minimum absolute atomic E-state index is 0.0174. The average molecular weight is 330 g/mol. The Labute approximate surface area is 139 Å². The van der Waals surface area contributed by atoms with Gasteiger partial charge in [-0.3, -0.25) is 9.59 Å². The van der Waals surface area contributed by atoms with Gasteiger partial charge in [0.1, 0.15) is 11.6 Å². The molecule has 2 rings (SSSR count). The standard InChI is InChI=1S/C18H19FN2O3/c1-3-13-4-7-15(8-5-13)24-11-18(23)21-17-10-14(20-12(2)22)6-9-16(17)19/h4-10H,3,11H2,1-2H3,(H,20,22)(H,21,23). The first-order chi connectivity index (χ1) is 11.5. The van der Waals surface area contributed by atoms with Crippen molar-refractivity contribution in [3.8, 4) is 5.75 Å². The van der Waals surface area contributed by atoms with Gasteiger partial charge in [0.2, 0.25) is 5.91 Å². The second-order valence-electron chi connectivity index (χ2n) is 5.21. The van der Waals surface area contributed by atoms with E-state index in [0.717, 1.165) is 6.42 Å². The van der Waals surface area contributed by atoms with Gasteiger partial charge in [0.05, 0.1) is 5.69 Å². The quantitative estimate of drug-likeness (QED) is 0.853. The molecule has 0 saturated heterocycles. The molecular weight excluding hydrogens is 311 g/mol. The van der Waals surface area contributed by atoms with Crippen molar-refractivity contribution in [3.05, 3.63) is 53.8 Å². The number of ether oxygens (including phenoxy) is 1. The van der Waals surface area contributed by atoms with Crippen LogP contribution in [0.2, 0.25) is 0 Å². The third-order valence-corrected chi connectivity index (χ3v) is 3.26. The number of carbonyl (C=O) groups excluding carboxylic acids is 2. The molecule has 24 heavy (non-hydrogen) atoms. The van der Waals surface area contributed by atoms with E-state index < -0.39 is 11.7 Å². The van der Waals surface area contributed by atoms with Crippen LogP contribution in [0.5, 0.6) is 5.75 Å². The van der Waals surface area contributed by atoms with E-state index in [2.05, 4.69) is 10.6 Å². The van der Waals surface area contributed by atoms with Crippen molar-refractivity contribution in [3.63, 3.8) is 0 Å². The molecule has 0 atom stereocenters. The lowest BCUT2D eigenvalue weighted by molar-refractivity contribution is -0.118. The molecular formula is C18H19FN2O3. The number of benzene rings is 2. The summed E-state index contributed by atoms with van der Waals surface area (Å²) >= 11 is 0. The molecule has 0 heterocycles. The summed E-state index contributed by atoms with van der Waals surface area (Å²) in [6, 6.07) is 11.3. The molecule has 0 saturated carbocycles. The molecule has 0 fully saturated rings. The molecule has 0 unspecified atom stereocenters. The lowest BCUT2D eigenvalue weighted by Crippen LogP contribution is -2.21. The summed E-state index contributed by atoms with van der Waals surface area (Å²) in [5.74, 6) is -0.800. The summed E-state index contributed by atoms with van der Waals surface area (Å²) in [5.41, 5.74) is 1.55. The van der Waals surface area contributed by atoms with Gasteiger partial charge in [-0.1, -0.05) is 19.1 Å². The zero-order valence-corrected chi connectivity index (χ0v) is 13.6. The molecule has 0 bridgehead atoms. The van der Waals surface area contributed by atoms with Gasteiger partial charge in [-0.05, 0) is 42.3 Å². The van der Waals surface area contributed by atoms with E-state index in [9.17, 15) is 14.0 Å². The van der Waals surface area contributed by atoms with Crippen molar-refractivity contribution < 1.29 is 18.7 Å². The van der Waals surface area contributed by atoms with Gasteiger partial charge in [-0.2, -0.15) is 0 Å². The molecule has 2 aromatic carbocycles. The van der Waals surface area contributed by atoms with Crippen molar-refractivity contribution in [1.82, 2.24) is 0 Å². The lowest BCUT2D eigenvalue weighted by Gasteiger charge is -2.10. The van der Waals surface area contributed by atoms with Crippen LogP contribution in [0, 0.1) is 5.82 Å². The topological polar surface area (TPSA) is 67.4 Å². The van der Waals surface area contributed by atoms with Crippen LogP contribution in [0.4, 0.5) is 15.8 Å². The highest BCUT2D eigenvalue weighted by molar-refractivity contribution is 5.94. The summed E-state index contributed by atoms with van der Waals surface area (Å²) in [7, 11) is 0. The van der Waals surface area contributed by atoms with Crippen LogP contribution in [0.3, 0.4) is 0 Å². The Morgan fingerprint density at radius 2 is 1.79 bits per heavy atom. The van der Waals surface area contributed by atoms with Crippen molar-refractivity contribution in [2.75, 3.05) is 17.2 Å². The molecule has 6 heteroatoms. The molecule has 0 radical (unpaired) electrons. The lowest BCUT2D eigenvalue weighted by atomic mass is 10.2. The number of halogens is 1. The third kappa shape index (κ3) is 5.08. The molecule has 0 aliphatic rings. The summed E-state index contributed by atoms with van der Waals surface area (Å²) in [6.45, 7) is 3.15. The van der Waals surface area contributed by atoms with Crippen LogP contribution < -0.4 is 15.4 Å². The fraction of sp³-hybridized carbons (Fsp3) is 0.222. The highest BCUT2D eigenvalue weighted by Crippen LogP contribution is 2.20. The number of aryl methyl sites for hydroxylation is 1. The maximum absolute atomic E-state index is 13.7. The number of hydrogen-bond acceptors (Lipinski definition) is 3. The second-order valence-corrected chi connectivity index (χ2v) is 5.21. The third-order valence-electron chi connectivity index (χ3n) is 3.26. The van der Waals surface area contributed by atoms with E-state index in [-0.39, 0.29) is 18.2 Å². The first-order valence-corrected chi connectivity index (χ1v) is 7.56. The Balaban J connectivity index is 1.94. The molecule has 0 aromatic heterocycles. The predicted octanol–water partition coefficient (Wildman–Crippen LogP) is 3.36. The number of rotatable bonds is 6.